The van der Waals surface area contributed by atoms with Gasteiger partial charge in [0.25, 0.3) is 5.88 Å². The van der Waals surface area contributed by atoms with Gasteiger partial charge in [-0.25, -0.2) is 14.7 Å². The van der Waals surface area contributed by atoms with Crippen LogP contribution in [0.15, 0.2) is 67.0 Å². The van der Waals surface area contributed by atoms with Gasteiger partial charge in [0.15, 0.2) is 23.5 Å². The Labute approximate surface area is 330 Å². The molecule has 7 rings (SSSR count). The number of nitrogens with one attached hydrogen (secondary N) is 1. The predicted molar refractivity (Wildman–Crippen MR) is 215 cm³/mol. The van der Waals surface area contributed by atoms with Crippen molar-refractivity contribution in [2.45, 2.75) is 109 Å². The monoisotopic (exact) mass is 803 g/mol. The minimum atomic E-state index is -3.05. The largest absolute Gasteiger partial charge is 0.425 e. The second-order valence-corrected chi connectivity index (χ2v) is 25.0. The average Bonchev–Trinajstić information content (AvgIpc) is 3.62. The molecular formula is C39H53N7O8Si2. The molecule has 4 atom stereocenters. The van der Waals surface area contributed by atoms with Crippen LogP contribution >= 0.6 is 0 Å². The lowest BCUT2D eigenvalue weighted by Gasteiger charge is -2.55. The molecule has 17 heteroatoms. The van der Waals surface area contributed by atoms with Gasteiger partial charge in [0, 0.05) is 14.0 Å². The molecule has 3 aliphatic rings. The highest BCUT2D eigenvalue weighted by Gasteiger charge is 2.68. The Morgan fingerprint density at radius 3 is 2.04 bits per heavy atom. The molecule has 4 aromatic rings. The third kappa shape index (κ3) is 6.97. The first-order valence-electron chi connectivity index (χ1n) is 19.3. The lowest BCUT2D eigenvalue weighted by molar-refractivity contribution is -0.257. The number of rotatable bonds is 9. The molecule has 1 N–H and O–H groups in total. The highest BCUT2D eigenvalue weighted by Crippen LogP contribution is 2.53. The van der Waals surface area contributed by atoms with Crippen LogP contribution in [0.5, 0.6) is 5.88 Å². The first-order valence-corrected chi connectivity index (χ1v) is 23.3. The number of carbonyl (C=O) groups excluding carboxylic acids is 2. The molecule has 1 unspecified atom stereocenters. The molecule has 0 saturated carbocycles. The topological polar surface area (TPSA) is 152 Å². The van der Waals surface area contributed by atoms with Crippen LogP contribution in [-0.4, -0.2) is 91.7 Å². The number of hydroxylamine groups is 2. The Morgan fingerprint density at radius 1 is 0.893 bits per heavy atom. The van der Waals surface area contributed by atoms with Gasteiger partial charge in [0.05, 0.1) is 30.9 Å². The van der Waals surface area contributed by atoms with Crippen LogP contribution in [0, 0.1) is 0 Å². The molecule has 2 aromatic carbocycles. The van der Waals surface area contributed by atoms with Crippen molar-refractivity contribution in [3.05, 3.63) is 67.0 Å². The number of hydrogen-bond donors (Lipinski definition) is 1. The number of ether oxygens (including phenoxy) is 2. The number of anilines is 3. The average molecular weight is 804 g/mol. The molecule has 5 heterocycles. The number of likely N-dealkylation sites (N-methyl/N-ethyl adjacent to an activating group) is 1. The molecule has 2 aromatic heterocycles. The number of amides is 2. The van der Waals surface area contributed by atoms with Crippen molar-refractivity contribution < 1.29 is 36.9 Å². The van der Waals surface area contributed by atoms with Gasteiger partial charge in [-0.2, -0.15) is 15.0 Å². The van der Waals surface area contributed by atoms with Gasteiger partial charge in [-0.3, -0.25) is 19.5 Å². The highest BCUT2D eigenvalue weighted by atomic mass is 28.5. The summed E-state index contributed by atoms with van der Waals surface area (Å²) < 4.78 is 37.1. The van der Waals surface area contributed by atoms with Gasteiger partial charge in [0.2, 0.25) is 11.9 Å². The molecule has 56 heavy (non-hydrogen) atoms. The van der Waals surface area contributed by atoms with E-state index in [0.29, 0.717) is 17.9 Å². The molecule has 0 radical (unpaired) electrons. The van der Waals surface area contributed by atoms with Crippen LogP contribution in [0.1, 0.15) is 68.5 Å². The summed E-state index contributed by atoms with van der Waals surface area (Å²) in [5.74, 6) is -0.631. The van der Waals surface area contributed by atoms with Crippen LogP contribution in [0.25, 0.3) is 11.2 Å². The lowest BCUT2D eigenvalue weighted by atomic mass is 9.94. The molecule has 3 saturated heterocycles. The van der Waals surface area contributed by atoms with E-state index >= 15 is 0 Å². The van der Waals surface area contributed by atoms with Gasteiger partial charge < -0.3 is 22.4 Å². The van der Waals surface area contributed by atoms with E-state index < -0.39 is 53.2 Å². The lowest BCUT2D eigenvalue weighted by Crippen LogP contribution is -2.71. The molecule has 15 nitrogen and oxygen atoms in total. The summed E-state index contributed by atoms with van der Waals surface area (Å²) in [5, 5.41) is 4.44. The normalized spacial score (nSPS) is 24.6. The van der Waals surface area contributed by atoms with Crippen molar-refractivity contribution in [2.75, 3.05) is 30.4 Å². The van der Waals surface area contributed by atoms with Gasteiger partial charge in [-0.15, -0.1) is 0 Å². The minimum absolute atomic E-state index is 0.0765. The van der Waals surface area contributed by atoms with Crippen molar-refractivity contribution in [3.63, 3.8) is 0 Å². The third-order valence-corrected chi connectivity index (χ3v) is 21.2. The van der Waals surface area contributed by atoms with E-state index in [-0.39, 0.29) is 51.8 Å². The van der Waals surface area contributed by atoms with Gasteiger partial charge in [-0.1, -0.05) is 91.8 Å². The van der Waals surface area contributed by atoms with E-state index in [1.54, 1.807) is 40.2 Å². The number of fused-ring (bicyclic) bond motifs is 1. The number of aromatic nitrogens is 4. The second-order valence-electron chi connectivity index (χ2n) is 16.2. The van der Waals surface area contributed by atoms with E-state index in [4.69, 9.17) is 32.3 Å². The van der Waals surface area contributed by atoms with Crippen LogP contribution in [0.3, 0.4) is 0 Å². The molecule has 300 valence electrons. The Morgan fingerprint density at radius 2 is 1.48 bits per heavy atom. The SMILES string of the molecule is CC(=O)Nc1nc(OC(=O)N(c2ccccc2)c2ccccc2)c2ncn([C@@H]3O[C@]45CO[Si](C(C)C)(C(C)C)O[Si](C(C)C)(C(C)C)OC4[C@@H]3ON(C)C5)c2n1. The first-order chi connectivity index (χ1) is 26.6. The van der Waals surface area contributed by atoms with Crippen molar-refractivity contribution in [1.82, 2.24) is 24.6 Å². The first kappa shape index (κ1) is 40.1. The zero-order valence-electron chi connectivity index (χ0n) is 33.8. The smallest absolute Gasteiger partial charge is 0.414 e. The fourth-order valence-electron chi connectivity index (χ4n) is 8.38. The fraction of sp³-hybridized carbons (Fsp3) is 0.513. The number of carbonyl (C=O) groups is 2. The quantitative estimate of drug-likeness (QED) is 0.166. The van der Waals surface area contributed by atoms with Crippen molar-refractivity contribution >= 4 is 57.6 Å². The van der Waals surface area contributed by atoms with Gasteiger partial charge in [-0.05, 0) is 46.4 Å². The molecule has 0 spiro atoms. The van der Waals surface area contributed by atoms with E-state index in [2.05, 4.69) is 70.7 Å². The van der Waals surface area contributed by atoms with Crippen LogP contribution in [0.2, 0.25) is 22.2 Å². The molecule has 3 fully saturated rings. The maximum absolute atomic E-state index is 14.1. The number of hydrogen-bond acceptors (Lipinski definition) is 12. The van der Waals surface area contributed by atoms with Crippen LogP contribution < -0.4 is 15.0 Å². The van der Waals surface area contributed by atoms with Crippen LogP contribution in [0.4, 0.5) is 22.1 Å². The highest BCUT2D eigenvalue weighted by molar-refractivity contribution is 6.84. The van der Waals surface area contributed by atoms with E-state index in [9.17, 15) is 9.59 Å². The number of para-hydroxylation sites is 2. The zero-order chi connectivity index (χ0) is 40.2. The summed E-state index contributed by atoms with van der Waals surface area (Å²) in [6.45, 7) is 19.4. The number of imidazole rings is 1. The van der Waals surface area contributed by atoms with Crippen molar-refractivity contribution in [2.24, 2.45) is 0 Å². The fourth-order valence-corrected chi connectivity index (χ4v) is 19.7. The van der Waals surface area contributed by atoms with E-state index in [0.717, 1.165) is 0 Å². The van der Waals surface area contributed by atoms with E-state index in [1.807, 2.05) is 43.4 Å². The maximum atomic E-state index is 14.1. The molecule has 0 aliphatic carbocycles. The summed E-state index contributed by atoms with van der Waals surface area (Å²) in [5.41, 5.74) is 1.14. The summed E-state index contributed by atoms with van der Waals surface area (Å²) in [7, 11) is -4.07. The number of nitrogens with zero attached hydrogens (tertiary/aromatic N) is 6. The Bertz CT molecular complexity index is 2000. The standard InChI is InChI=1S/C39H53N7O8Si2/c1-24(2)55(25(3)4)49-22-39-21-44(10)52-32(33(39)53-56(54-55,26(5)6)27(7)8)36(51-39)45-23-40-31-34(45)42-37(41-28(9)47)43-35(31)50-38(48)46(29-17-13-11-14-18-29)30-19-15-12-16-20-30/h11-20,23-27,32-33,36H,21-22H2,1-10H3,(H,41,42,43,47)/t32-,33?,36+,39+/m0/s1. The Hall–Kier alpha value is -4.08. The zero-order valence-corrected chi connectivity index (χ0v) is 35.8. The van der Waals surface area contributed by atoms with E-state index in [1.165, 1.54) is 11.8 Å². The molecule has 2 amide bonds. The molecular weight excluding hydrogens is 751 g/mol. The summed E-state index contributed by atoms with van der Waals surface area (Å²) >= 11 is 0. The predicted octanol–water partition coefficient (Wildman–Crippen LogP) is 7.59. The second kappa shape index (κ2) is 15.4. The van der Waals surface area contributed by atoms with Crippen LogP contribution in [-0.2, 0) is 27.3 Å². The summed E-state index contributed by atoms with van der Waals surface area (Å²) in [6.07, 6.45) is -1.23. The Kier molecular flexibility index (Phi) is 11.0. The number of benzene rings is 2. The van der Waals surface area contributed by atoms with Gasteiger partial charge >= 0.3 is 23.2 Å². The third-order valence-electron chi connectivity index (χ3n) is 11.0. The summed E-state index contributed by atoms with van der Waals surface area (Å²) in [4.78, 5) is 48.4. The summed E-state index contributed by atoms with van der Waals surface area (Å²) in [6, 6.07) is 18.3. The molecule has 3 aliphatic heterocycles. The molecule has 2 bridgehead atoms. The minimum Gasteiger partial charge on any atom is -0.414 e. The van der Waals surface area contributed by atoms with Crippen molar-refractivity contribution in [1.29, 1.82) is 0 Å². The Balaban J connectivity index is 1.33. The van der Waals surface area contributed by atoms with Crippen molar-refractivity contribution in [3.8, 4) is 5.88 Å². The maximum Gasteiger partial charge on any atom is 0.425 e. The van der Waals surface area contributed by atoms with Gasteiger partial charge in [0.1, 0.15) is 11.7 Å².